The van der Waals surface area contributed by atoms with Crippen LogP contribution in [0.5, 0.6) is 0 Å². The lowest BCUT2D eigenvalue weighted by Crippen LogP contribution is -2.09. The van der Waals surface area contributed by atoms with Crippen LogP contribution in [-0.2, 0) is 15.7 Å². The highest BCUT2D eigenvalue weighted by Gasteiger charge is 2.52. The second-order valence-corrected chi connectivity index (χ2v) is 4.96. The predicted molar refractivity (Wildman–Crippen MR) is 38.7 cm³/mol. The van der Waals surface area contributed by atoms with E-state index in [1.54, 1.807) is 0 Å². The average Bonchev–Trinajstić information content (AvgIpc) is 2.39. The van der Waals surface area contributed by atoms with Gasteiger partial charge in [0, 0.05) is 6.42 Å². The molecule has 1 aliphatic carbocycles. The number of hydrogen-bond acceptors (Lipinski definition) is 1. The third kappa shape index (κ3) is 1.39. The summed E-state index contributed by atoms with van der Waals surface area (Å²) in [5.41, 5.74) is 0. The van der Waals surface area contributed by atoms with Crippen LogP contribution < -0.4 is 0 Å². The molecule has 1 aliphatic rings. The summed E-state index contributed by atoms with van der Waals surface area (Å²) in [6.45, 7) is 0. The van der Waals surface area contributed by atoms with Crippen LogP contribution in [0, 0.1) is 5.92 Å². The van der Waals surface area contributed by atoms with Crippen molar-refractivity contribution in [1.29, 1.82) is 0 Å². The molecule has 0 radical (unpaired) electrons. The van der Waals surface area contributed by atoms with E-state index in [1.807, 2.05) is 0 Å². The predicted octanol–water partition coefficient (Wildman–Crippen LogP) is 0.337. The van der Waals surface area contributed by atoms with Gasteiger partial charge in [-0.3, -0.25) is 4.79 Å². The molecule has 3 heteroatoms. The van der Waals surface area contributed by atoms with Crippen LogP contribution in [-0.4, -0.2) is 28.8 Å². The van der Waals surface area contributed by atoms with Gasteiger partial charge in [0.25, 0.3) is 0 Å². The molecule has 0 aromatic rings. The molecule has 52 valence electrons. The lowest BCUT2D eigenvalue weighted by atomic mass is 10.4. The van der Waals surface area contributed by atoms with Crippen molar-refractivity contribution < 1.29 is 9.90 Å². The van der Waals surface area contributed by atoms with Gasteiger partial charge in [0.1, 0.15) is 11.2 Å². The molecule has 0 aliphatic heterocycles. The minimum absolute atomic E-state index is 0.0108. The fraction of sp³-hybridized carbons (Fsp3) is 0.833. The normalized spacial score (nSPS) is 32.8. The molecule has 1 N–H and O–H groups in total. The van der Waals surface area contributed by atoms with Crippen molar-refractivity contribution in [2.75, 3.05) is 12.5 Å². The van der Waals surface area contributed by atoms with Crippen molar-refractivity contribution in [3.05, 3.63) is 0 Å². The summed E-state index contributed by atoms with van der Waals surface area (Å²) in [5.74, 6) is -0.621. The second-order valence-electron chi connectivity index (χ2n) is 2.60. The van der Waals surface area contributed by atoms with Gasteiger partial charge >= 0.3 is 5.97 Å². The van der Waals surface area contributed by atoms with Crippen LogP contribution in [0.3, 0.4) is 0 Å². The standard InChI is InChI=1S/C6H10O2S/c1-9(2)5-3-4(5)6(7)8/h4-5H,3H2,1-2H3/p+1/t4-,5+/m1/s1. The number of carboxylic acid groups (broad SMARTS) is 1. The first kappa shape index (κ1) is 6.93. The van der Waals surface area contributed by atoms with E-state index in [2.05, 4.69) is 12.5 Å². The molecule has 0 saturated heterocycles. The number of rotatable bonds is 2. The number of carboxylic acids is 1. The lowest BCUT2D eigenvalue weighted by molar-refractivity contribution is -0.138. The Bertz CT molecular complexity index is 133. The fourth-order valence-corrected chi connectivity index (χ4v) is 2.32. The van der Waals surface area contributed by atoms with E-state index in [0.29, 0.717) is 16.1 Å². The average molecular weight is 147 g/mol. The van der Waals surface area contributed by atoms with Crippen molar-refractivity contribution in [2.45, 2.75) is 11.7 Å². The highest BCUT2D eigenvalue weighted by Crippen LogP contribution is 2.36. The highest BCUT2D eigenvalue weighted by atomic mass is 32.2. The monoisotopic (exact) mass is 147 g/mol. The minimum atomic E-state index is -0.610. The van der Waals surface area contributed by atoms with Gasteiger partial charge in [-0.25, -0.2) is 0 Å². The van der Waals surface area contributed by atoms with Gasteiger partial charge in [-0.1, -0.05) is 0 Å². The third-order valence-electron chi connectivity index (χ3n) is 1.65. The van der Waals surface area contributed by atoms with Crippen LogP contribution >= 0.6 is 0 Å². The van der Waals surface area contributed by atoms with E-state index in [9.17, 15) is 4.79 Å². The molecule has 0 aromatic carbocycles. The van der Waals surface area contributed by atoms with E-state index >= 15 is 0 Å². The van der Waals surface area contributed by atoms with Gasteiger partial charge in [-0.15, -0.1) is 0 Å². The number of aliphatic carboxylic acids is 1. The zero-order valence-corrected chi connectivity index (χ0v) is 6.44. The van der Waals surface area contributed by atoms with Crippen LogP contribution in [0.25, 0.3) is 0 Å². The Kier molecular flexibility index (Phi) is 1.70. The Labute approximate surface area is 57.6 Å². The molecular formula is C6H11O2S+. The molecule has 1 rings (SSSR count). The maximum atomic E-state index is 10.3. The topological polar surface area (TPSA) is 37.3 Å². The van der Waals surface area contributed by atoms with Gasteiger partial charge in [0.15, 0.2) is 0 Å². The summed E-state index contributed by atoms with van der Waals surface area (Å²) in [5, 5.41) is 8.97. The SMILES string of the molecule is C[S+](C)[C@H]1C[C@H]1C(=O)O. The van der Waals surface area contributed by atoms with Crippen LogP contribution in [0.4, 0.5) is 0 Å². The maximum absolute atomic E-state index is 10.3. The molecule has 0 bridgehead atoms. The van der Waals surface area contributed by atoms with Crippen molar-refractivity contribution in [3.8, 4) is 0 Å². The van der Waals surface area contributed by atoms with Crippen LogP contribution in [0.1, 0.15) is 6.42 Å². The third-order valence-corrected chi connectivity index (χ3v) is 3.39. The quantitative estimate of drug-likeness (QED) is 0.572. The van der Waals surface area contributed by atoms with Crippen molar-refractivity contribution in [3.63, 3.8) is 0 Å². The Morgan fingerprint density at radius 3 is 2.33 bits per heavy atom. The summed E-state index contributed by atoms with van der Waals surface area (Å²) in [7, 11) is 0.312. The van der Waals surface area contributed by atoms with E-state index in [0.717, 1.165) is 6.42 Å². The molecule has 2 atom stereocenters. The smallest absolute Gasteiger partial charge is 0.311 e. The Morgan fingerprint density at radius 1 is 1.67 bits per heavy atom. The summed E-state index contributed by atoms with van der Waals surface area (Å²) in [4.78, 5) is 10.3. The molecule has 0 amide bonds. The first-order chi connectivity index (χ1) is 4.13. The van der Waals surface area contributed by atoms with Gasteiger partial charge in [-0.2, -0.15) is 0 Å². The summed E-state index contributed by atoms with van der Waals surface area (Å²) >= 11 is 0. The van der Waals surface area contributed by atoms with Gasteiger partial charge in [0.2, 0.25) is 0 Å². The maximum Gasteiger partial charge on any atom is 0.311 e. The van der Waals surface area contributed by atoms with E-state index < -0.39 is 5.97 Å². The largest absolute Gasteiger partial charge is 0.481 e. The molecule has 9 heavy (non-hydrogen) atoms. The van der Waals surface area contributed by atoms with Gasteiger partial charge in [-0.05, 0) is 10.9 Å². The van der Waals surface area contributed by atoms with Gasteiger partial charge in [0.05, 0.1) is 12.5 Å². The molecule has 0 spiro atoms. The molecule has 2 nitrogen and oxygen atoms in total. The molecular weight excluding hydrogens is 136 g/mol. The molecule has 0 heterocycles. The lowest BCUT2D eigenvalue weighted by Gasteiger charge is -1.89. The zero-order chi connectivity index (χ0) is 7.02. The highest BCUT2D eigenvalue weighted by molar-refractivity contribution is 7.96. The molecule has 0 aromatic heterocycles. The number of hydrogen-bond donors (Lipinski definition) is 1. The van der Waals surface area contributed by atoms with Crippen molar-refractivity contribution in [1.82, 2.24) is 0 Å². The van der Waals surface area contributed by atoms with E-state index in [-0.39, 0.29) is 5.92 Å². The van der Waals surface area contributed by atoms with Crippen LogP contribution in [0.2, 0.25) is 0 Å². The first-order valence-electron chi connectivity index (χ1n) is 2.92. The zero-order valence-electron chi connectivity index (χ0n) is 5.63. The number of carbonyl (C=O) groups is 1. The Morgan fingerprint density at radius 2 is 2.22 bits per heavy atom. The van der Waals surface area contributed by atoms with Gasteiger partial charge < -0.3 is 5.11 Å². The minimum Gasteiger partial charge on any atom is -0.481 e. The van der Waals surface area contributed by atoms with Crippen molar-refractivity contribution in [2.24, 2.45) is 5.92 Å². The Hall–Kier alpha value is -0.180. The van der Waals surface area contributed by atoms with Crippen LogP contribution in [0.15, 0.2) is 0 Å². The summed E-state index contributed by atoms with van der Waals surface area (Å²) in [6, 6.07) is 0. The second kappa shape index (κ2) is 2.21. The fourth-order valence-electron chi connectivity index (χ4n) is 0.953. The van der Waals surface area contributed by atoms with E-state index in [4.69, 9.17) is 5.11 Å². The first-order valence-corrected chi connectivity index (χ1v) is 5.02. The molecule has 0 unspecified atom stereocenters. The van der Waals surface area contributed by atoms with E-state index in [1.165, 1.54) is 0 Å². The van der Waals surface area contributed by atoms with Crippen molar-refractivity contribution >= 4 is 16.9 Å². The molecule has 1 fully saturated rings. The molecule has 1 saturated carbocycles. The summed E-state index contributed by atoms with van der Waals surface area (Å²) in [6.07, 6.45) is 5.12. The Balaban J connectivity index is 2.33. The summed E-state index contributed by atoms with van der Waals surface area (Å²) < 4.78 is 0.